The number of halogens is 1. The first-order valence-electron chi connectivity index (χ1n) is 5.82. The van der Waals surface area contributed by atoms with Crippen molar-refractivity contribution in [2.24, 2.45) is 0 Å². The minimum atomic E-state index is 0.793. The lowest BCUT2D eigenvalue weighted by Crippen LogP contribution is -1.99. The van der Waals surface area contributed by atoms with Gasteiger partial charge in [-0.25, -0.2) is 0 Å². The predicted octanol–water partition coefficient (Wildman–Crippen LogP) is 4.06. The second-order valence-electron chi connectivity index (χ2n) is 4.42. The van der Waals surface area contributed by atoms with Crippen LogP contribution in [0.2, 0.25) is 0 Å². The molecule has 18 heavy (non-hydrogen) atoms. The minimum absolute atomic E-state index is 0.793. The fourth-order valence-electron chi connectivity index (χ4n) is 2.22. The van der Waals surface area contributed by atoms with Crippen LogP contribution in [0.25, 0.3) is 10.9 Å². The monoisotopic (exact) mass is 304 g/mol. The highest BCUT2D eigenvalue weighted by atomic mass is 79.9. The minimum Gasteiger partial charge on any atom is -0.361 e. The van der Waals surface area contributed by atoms with Crippen LogP contribution >= 0.6 is 15.9 Å². The van der Waals surface area contributed by atoms with Crippen molar-refractivity contribution in [3.05, 3.63) is 52.0 Å². The largest absolute Gasteiger partial charge is 0.361 e. The van der Waals surface area contributed by atoms with Crippen LogP contribution in [-0.2, 0) is 6.54 Å². The summed E-state index contributed by atoms with van der Waals surface area (Å²) in [7, 11) is 0. The fourth-order valence-corrected chi connectivity index (χ4v) is 2.71. The van der Waals surface area contributed by atoms with Gasteiger partial charge < -0.3 is 9.09 Å². The van der Waals surface area contributed by atoms with E-state index in [1.165, 1.54) is 10.9 Å². The van der Waals surface area contributed by atoms with Crippen LogP contribution in [0.3, 0.4) is 0 Å². The number of benzene rings is 1. The van der Waals surface area contributed by atoms with E-state index in [0.29, 0.717) is 0 Å². The molecule has 3 nitrogen and oxygen atoms in total. The molecule has 2 heterocycles. The van der Waals surface area contributed by atoms with Crippen molar-refractivity contribution < 1.29 is 4.52 Å². The second-order valence-corrected chi connectivity index (χ2v) is 5.27. The van der Waals surface area contributed by atoms with Crippen molar-refractivity contribution in [1.29, 1.82) is 0 Å². The Bertz CT molecular complexity index is 692. The molecule has 0 fully saturated rings. The number of fused-ring (bicyclic) bond motifs is 1. The molecule has 0 N–H and O–H groups in total. The molecular formula is C14H13BrN2O. The van der Waals surface area contributed by atoms with Crippen LogP contribution in [0.1, 0.15) is 17.0 Å². The van der Waals surface area contributed by atoms with Gasteiger partial charge in [0.2, 0.25) is 0 Å². The Morgan fingerprint density at radius 3 is 2.83 bits per heavy atom. The van der Waals surface area contributed by atoms with Crippen molar-refractivity contribution in [2.75, 3.05) is 0 Å². The summed E-state index contributed by atoms with van der Waals surface area (Å²) in [6, 6.07) is 8.36. The topological polar surface area (TPSA) is 31.0 Å². The van der Waals surface area contributed by atoms with Gasteiger partial charge in [-0.3, -0.25) is 0 Å². The Kier molecular flexibility index (Phi) is 2.74. The van der Waals surface area contributed by atoms with Gasteiger partial charge in [0.25, 0.3) is 0 Å². The maximum absolute atomic E-state index is 5.21. The smallest absolute Gasteiger partial charge is 0.138 e. The van der Waals surface area contributed by atoms with Gasteiger partial charge in [0.05, 0.1) is 12.2 Å². The highest BCUT2D eigenvalue weighted by Crippen LogP contribution is 2.26. The summed E-state index contributed by atoms with van der Waals surface area (Å²) < 4.78 is 8.54. The Balaban J connectivity index is 2.09. The van der Waals surface area contributed by atoms with Crippen molar-refractivity contribution in [3.8, 4) is 0 Å². The number of aryl methyl sites for hydroxylation is 2. The molecule has 0 radical (unpaired) electrons. The molecule has 0 unspecified atom stereocenters. The molecule has 0 saturated carbocycles. The molecule has 92 valence electrons. The highest BCUT2D eigenvalue weighted by molar-refractivity contribution is 9.10. The zero-order valence-electron chi connectivity index (χ0n) is 10.3. The van der Waals surface area contributed by atoms with Gasteiger partial charge in [0, 0.05) is 27.1 Å². The average molecular weight is 305 g/mol. The lowest BCUT2D eigenvalue weighted by atomic mass is 10.2. The zero-order valence-corrected chi connectivity index (χ0v) is 11.9. The molecule has 3 rings (SSSR count). The van der Waals surface area contributed by atoms with Gasteiger partial charge in [-0.15, -0.1) is 0 Å². The molecule has 4 heteroatoms. The third kappa shape index (κ3) is 1.77. The van der Waals surface area contributed by atoms with E-state index in [0.717, 1.165) is 28.0 Å². The van der Waals surface area contributed by atoms with E-state index in [4.69, 9.17) is 4.52 Å². The van der Waals surface area contributed by atoms with Crippen LogP contribution in [0.4, 0.5) is 0 Å². The molecule has 0 aliphatic heterocycles. The fraction of sp³-hybridized carbons (Fsp3) is 0.214. The summed E-state index contributed by atoms with van der Waals surface area (Å²) in [5, 5.41) is 5.22. The van der Waals surface area contributed by atoms with Gasteiger partial charge in [-0.2, -0.15) is 0 Å². The molecular weight excluding hydrogens is 292 g/mol. The lowest BCUT2D eigenvalue weighted by molar-refractivity contribution is 0.392. The molecule has 1 aromatic carbocycles. The summed E-state index contributed by atoms with van der Waals surface area (Å²) in [6.45, 7) is 4.73. The van der Waals surface area contributed by atoms with Crippen LogP contribution in [-0.4, -0.2) is 9.72 Å². The summed E-state index contributed by atoms with van der Waals surface area (Å²) in [4.78, 5) is 0. The molecule has 0 bridgehead atoms. The molecule has 0 aliphatic carbocycles. The van der Waals surface area contributed by atoms with E-state index in [2.05, 4.69) is 56.1 Å². The molecule has 2 aromatic heterocycles. The number of aromatic nitrogens is 2. The third-order valence-electron chi connectivity index (χ3n) is 3.27. The first kappa shape index (κ1) is 11.5. The maximum Gasteiger partial charge on any atom is 0.138 e. The molecule has 3 aromatic rings. The first-order chi connectivity index (χ1) is 8.66. The maximum atomic E-state index is 5.21. The van der Waals surface area contributed by atoms with Crippen LogP contribution < -0.4 is 0 Å². The summed E-state index contributed by atoms with van der Waals surface area (Å²) in [5.74, 6) is 0.893. The van der Waals surface area contributed by atoms with Gasteiger partial charge in [-0.05, 0) is 32.0 Å². The van der Waals surface area contributed by atoms with E-state index in [9.17, 15) is 0 Å². The van der Waals surface area contributed by atoms with Gasteiger partial charge in [0.1, 0.15) is 5.76 Å². The number of nitrogens with zero attached hydrogens (tertiary/aromatic N) is 2. The van der Waals surface area contributed by atoms with E-state index in [1.54, 1.807) is 0 Å². The summed E-state index contributed by atoms with van der Waals surface area (Å²) in [5.41, 5.74) is 3.33. The number of hydrogen-bond acceptors (Lipinski definition) is 2. The standard InChI is InChI=1S/C14H13BrN2O/c1-9-12(10(2)18-16-9)8-17-7-6-11-13(15)4-3-5-14(11)17/h3-7H,8H2,1-2H3. The van der Waals surface area contributed by atoms with Crippen molar-refractivity contribution in [2.45, 2.75) is 20.4 Å². The second kappa shape index (κ2) is 4.28. The SMILES string of the molecule is Cc1noc(C)c1Cn1ccc2c(Br)cccc21. The Hall–Kier alpha value is -1.55. The Morgan fingerprint density at radius 1 is 1.28 bits per heavy atom. The predicted molar refractivity (Wildman–Crippen MR) is 74.7 cm³/mol. The van der Waals surface area contributed by atoms with Crippen LogP contribution in [0.5, 0.6) is 0 Å². The number of rotatable bonds is 2. The third-order valence-corrected chi connectivity index (χ3v) is 3.96. The van der Waals surface area contributed by atoms with Gasteiger partial charge in [-0.1, -0.05) is 27.2 Å². The highest BCUT2D eigenvalue weighted by Gasteiger charge is 2.11. The van der Waals surface area contributed by atoms with Crippen LogP contribution in [0, 0.1) is 13.8 Å². The summed E-state index contributed by atoms with van der Waals surface area (Å²) >= 11 is 3.57. The van der Waals surface area contributed by atoms with Gasteiger partial charge in [0.15, 0.2) is 0 Å². The average Bonchev–Trinajstić information content (AvgIpc) is 2.89. The van der Waals surface area contributed by atoms with Crippen LogP contribution in [0.15, 0.2) is 39.5 Å². The quantitative estimate of drug-likeness (QED) is 0.715. The normalized spacial score (nSPS) is 11.3. The Labute approximate surface area is 114 Å². The molecule has 0 aliphatic rings. The molecule has 0 atom stereocenters. The zero-order chi connectivity index (χ0) is 12.7. The van der Waals surface area contributed by atoms with E-state index in [1.807, 2.05) is 13.8 Å². The van der Waals surface area contributed by atoms with Crippen molar-refractivity contribution in [1.82, 2.24) is 9.72 Å². The lowest BCUT2D eigenvalue weighted by Gasteiger charge is -2.05. The summed E-state index contributed by atoms with van der Waals surface area (Å²) in [6.07, 6.45) is 2.10. The number of hydrogen-bond donors (Lipinski definition) is 0. The van der Waals surface area contributed by atoms with Crippen molar-refractivity contribution in [3.63, 3.8) is 0 Å². The first-order valence-corrected chi connectivity index (χ1v) is 6.61. The van der Waals surface area contributed by atoms with E-state index in [-0.39, 0.29) is 0 Å². The van der Waals surface area contributed by atoms with Crippen molar-refractivity contribution >= 4 is 26.8 Å². The Morgan fingerprint density at radius 2 is 2.11 bits per heavy atom. The van der Waals surface area contributed by atoms with Gasteiger partial charge >= 0.3 is 0 Å². The molecule has 0 amide bonds. The van der Waals surface area contributed by atoms with E-state index < -0.39 is 0 Å². The molecule has 0 spiro atoms. The molecule has 0 saturated heterocycles. The van der Waals surface area contributed by atoms with E-state index >= 15 is 0 Å².